The molecule has 0 aliphatic heterocycles. The molecule has 0 saturated heterocycles. The molecule has 2 nitrogen and oxygen atoms in total. The van der Waals surface area contributed by atoms with Crippen LogP contribution in [0.5, 0.6) is 0 Å². The molecule has 0 saturated carbocycles. The van der Waals surface area contributed by atoms with Crippen LogP contribution in [0.4, 0.5) is 13.2 Å². The maximum absolute atomic E-state index is 13.1. The first-order chi connectivity index (χ1) is 5.14. The zero-order chi connectivity index (χ0) is 10.2. The third-order valence-electron chi connectivity index (χ3n) is 1.97. The third-order valence-corrected chi connectivity index (χ3v) is 1.97. The molecule has 0 radical (unpaired) electrons. The Morgan fingerprint density at radius 3 is 1.75 bits per heavy atom. The summed E-state index contributed by atoms with van der Waals surface area (Å²) < 4.78 is 38.3. The first kappa shape index (κ1) is 11.3. The van der Waals surface area contributed by atoms with Crippen molar-refractivity contribution < 1.29 is 23.1 Å². The van der Waals surface area contributed by atoms with Gasteiger partial charge in [-0.25, -0.2) is 9.18 Å². The van der Waals surface area contributed by atoms with E-state index in [9.17, 15) is 18.0 Å². The molecular weight excluding hydrogens is 173 g/mol. The molecule has 0 bridgehead atoms. The van der Waals surface area contributed by atoms with Gasteiger partial charge in [-0.05, 0) is 12.8 Å². The topological polar surface area (TPSA) is 37.3 Å². The lowest BCUT2D eigenvalue weighted by molar-refractivity contribution is -0.195. The van der Waals surface area contributed by atoms with Crippen LogP contribution in [0, 0.1) is 5.92 Å². The Morgan fingerprint density at radius 2 is 1.67 bits per heavy atom. The average molecular weight is 184 g/mol. The number of aliphatic carboxylic acids is 1. The van der Waals surface area contributed by atoms with E-state index >= 15 is 0 Å². The highest BCUT2D eigenvalue weighted by Gasteiger charge is 2.59. The summed E-state index contributed by atoms with van der Waals surface area (Å²) in [5.41, 5.74) is -3.02. The molecular formula is C7H11F3O2. The van der Waals surface area contributed by atoms with Crippen LogP contribution in [0.25, 0.3) is 0 Å². The lowest BCUT2D eigenvalue weighted by Gasteiger charge is -2.30. The van der Waals surface area contributed by atoms with Gasteiger partial charge in [0.1, 0.15) is 0 Å². The van der Waals surface area contributed by atoms with Crippen molar-refractivity contribution in [2.75, 3.05) is 0 Å². The monoisotopic (exact) mass is 184 g/mol. The highest BCUT2D eigenvalue weighted by Crippen LogP contribution is 2.38. The number of alkyl halides is 3. The predicted molar refractivity (Wildman–Crippen MR) is 36.9 cm³/mol. The summed E-state index contributed by atoms with van der Waals surface area (Å²) in [4.78, 5) is 9.98. The third kappa shape index (κ3) is 1.54. The average Bonchev–Trinajstić information content (AvgIpc) is 1.86. The molecule has 1 unspecified atom stereocenters. The molecule has 0 fully saturated rings. The molecule has 0 aromatic rings. The van der Waals surface area contributed by atoms with Crippen molar-refractivity contribution >= 4 is 5.97 Å². The van der Waals surface area contributed by atoms with Gasteiger partial charge in [0.2, 0.25) is 0 Å². The van der Waals surface area contributed by atoms with Crippen LogP contribution >= 0.6 is 0 Å². The van der Waals surface area contributed by atoms with E-state index in [4.69, 9.17) is 5.11 Å². The van der Waals surface area contributed by atoms with Crippen molar-refractivity contribution in [1.29, 1.82) is 0 Å². The van der Waals surface area contributed by atoms with Gasteiger partial charge in [0, 0.05) is 0 Å². The summed E-state index contributed by atoms with van der Waals surface area (Å²) in [6, 6.07) is 0. The van der Waals surface area contributed by atoms with E-state index in [2.05, 4.69) is 0 Å². The summed E-state index contributed by atoms with van der Waals surface area (Å²) in [5, 5.41) is 8.04. The molecule has 0 heterocycles. The minimum Gasteiger partial charge on any atom is -0.477 e. The van der Waals surface area contributed by atoms with Crippen molar-refractivity contribution in [2.45, 2.75) is 32.4 Å². The van der Waals surface area contributed by atoms with Crippen molar-refractivity contribution in [2.24, 2.45) is 5.92 Å². The lowest BCUT2D eigenvalue weighted by atomic mass is 9.88. The number of carbonyl (C=O) groups is 1. The second-order valence-corrected chi connectivity index (χ2v) is 3.11. The van der Waals surface area contributed by atoms with Crippen molar-refractivity contribution in [3.8, 4) is 0 Å². The minimum atomic E-state index is -4.33. The summed E-state index contributed by atoms with van der Waals surface area (Å²) in [5.74, 6) is -7.81. The first-order valence-electron chi connectivity index (χ1n) is 3.44. The number of hydrogen-bond donors (Lipinski definition) is 1. The number of carboxylic acid groups (broad SMARTS) is 1. The van der Waals surface area contributed by atoms with Crippen LogP contribution < -0.4 is 0 Å². The molecule has 5 heteroatoms. The van der Waals surface area contributed by atoms with E-state index < -0.39 is 23.5 Å². The Morgan fingerprint density at radius 1 is 1.33 bits per heavy atom. The molecule has 0 aromatic carbocycles. The fourth-order valence-electron chi connectivity index (χ4n) is 0.572. The molecule has 72 valence electrons. The van der Waals surface area contributed by atoms with Crippen LogP contribution in [0.3, 0.4) is 0 Å². The quantitative estimate of drug-likeness (QED) is 0.729. The second-order valence-electron chi connectivity index (χ2n) is 3.11. The molecule has 1 atom stereocenters. The van der Waals surface area contributed by atoms with E-state index in [1.165, 1.54) is 13.8 Å². The normalized spacial score (nSPS) is 17.6. The maximum Gasteiger partial charge on any atom is 0.378 e. The zero-order valence-corrected chi connectivity index (χ0v) is 7.07. The zero-order valence-electron chi connectivity index (χ0n) is 7.07. The van der Waals surface area contributed by atoms with Crippen molar-refractivity contribution in [3.63, 3.8) is 0 Å². The Labute approximate surface area is 68.4 Å². The summed E-state index contributed by atoms with van der Waals surface area (Å²) in [6.07, 6.45) is 0. The standard InChI is InChI=1S/C7H11F3O2/c1-4(2)6(3,8)7(9,10)5(11)12/h4H,1-3H3,(H,11,12). The first-order valence-corrected chi connectivity index (χ1v) is 3.44. The van der Waals surface area contributed by atoms with Crippen LogP contribution in [-0.2, 0) is 4.79 Å². The highest BCUT2D eigenvalue weighted by atomic mass is 19.3. The van der Waals surface area contributed by atoms with Gasteiger partial charge in [-0.2, -0.15) is 8.78 Å². The van der Waals surface area contributed by atoms with Crippen LogP contribution in [-0.4, -0.2) is 22.7 Å². The molecule has 0 aliphatic carbocycles. The van der Waals surface area contributed by atoms with E-state index in [0.29, 0.717) is 6.92 Å². The van der Waals surface area contributed by atoms with Gasteiger partial charge in [-0.1, -0.05) is 13.8 Å². The summed E-state index contributed by atoms with van der Waals surface area (Å²) >= 11 is 0. The largest absolute Gasteiger partial charge is 0.477 e. The van der Waals surface area contributed by atoms with E-state index in [1.54, 1.807) is 0 Å². The fourth-order valence-corrected chi connectivity index (χ4v) is 0.572. The number of halogens is 3. The lowest BCUT2D eigenvalue weighted by Crippen LogP contribution is -2.51. The molecule has 12 heavy (non-hydrogen) atoms. The van der Waals surface area contributed by atoms with Gasteiger partial charge in [-0.3, -0.25) is 0 Å². The molecule has 0 rings (SSSR count). The summed E-state index contributed by atoms with van der Waals surface area (Å²) in [7, 11) is 0. The maximum atomic E-state index is 13.1. The molecule has 0 aliphatic rings. The van der Waals surface area contributed by atoms with Gasteiger partial charge < -0.3 is 5.11 Å². The number of carboxylic acids is 1. The SMILES string of the molecule is CC(C)C(C)(F)C(F)(F)C(=O)O. The Bertz CT molecular complexity index is 187. The van der Waals surface area contributed by atoms with Gasteiger partial charge in [-0.15, -0.1) is 0 Å². The summed E-state index contributed by atoms with van der Waals surface area (Å²) in [6.45, 7) is 3.00. The van der Waals surface area contributed by atoms with Gasteiger partial charge in [0.15, 0.2) is 5.67 Å². The van der Waals surface area contributed by atoms with Crippen molar-refractivity contribution in [1.82, 2.24) is 0 Å². The second kappa shape index (κ2) is 2.95. The minimum absolute atomic E-state index is 0.589. The smallest absolute Gasteiger partial charge is 0.378 e. The highest BCUT2D eigenvalue weighted by molar-refractivity contribution is 5.77. The van der Waals surface area contributed by atoms with Gasteiger partial charge >= 0.3 is 11.9 Å². The fraction of sp³-hybridized carbons (Fsp3) is 0.857. The van der Waals surface area contributed by atoms with Gasteiger partial charge in [0.25, 0.3) is 0 Å². The Balaban J connectivity index is 4.88. The molecule has 1 N–H and O–H groups in total. The Kier molecular flexibility index (Phi) is 2.77. The Hall–Kier alpha value is -0.740. The number of hydrogen-bond acceptors (Lipinski definition) is 1. The van der Waals surface area contributed by atoms with Gasteiger partial charge in [0.05, 0.1) is 0 Å². The van der Waals surface area contributed by atoms with Crippen LogP contribution in [0.15, 0.2) is 0 Å². The number of rotatable bonds is 3. The predicted octanol–water partition coefficient (Wildman–Crippen LogP) is 2.09. The van der Waals surface area contributed by atoms with E-state index in [-0.39, 0.29) is 0 Å². The molecule has 0 aromatic heterocycles. The van der Waals surface area contributed by atoms with E-state index in [0.717, 1.165) is 0 Å². The molecule has 0 spiro atoms. The van der Waals surface area contributed by atoms with Crippen LogP contribution in [0.2, 0.25) is 0 Å². The van der Waals surface area contributed by atoms with E-state index in [1.807, 2.05) is 0 Å². The van der Waals surface area contributed by atoms with Crippen molar-refractivity contribution in [3.05, 3.63) is 0 Å². The molecule has 0 amide bonds. The van der Waals surface area contributed by atoms with Crippen LogP contribution in [0.1, 0.15) is 20.8 Å².